The van der Waals surface area contributed by atoms with Crippen molar-refractivity contribution in [1.82, 2.24) is 19.7 Å². The van der Waals surface area contributed by atoms with E-state index in [1.807, 2.05) is 18.2 Å². The maximum Gasteiger partial charge on any atom is 0.101 e. The van der Waals surface area contributed by atoms with E-state index >= 15 is 0 Å². The molecule has 3 heterocycles. The molecule has 57 heavy (non-hydrogen) atoms. The first kappa shape index (κ1) is 32.7. The average molecular weight is 727 g/mol. The fraction of sp³-hybridized carbons (Fsp3) is 0. The molecule has 0 saturated carbocycles. The zero-order valence-corrected chi connectivity index (χ0v) is 30.9. The number of hydrogen-bond acceptors (Lipinski definition) is 3. The summed E-state index contributed by atoms with van der Waals surface area (Å²) in [6.45, 7) is 0. The Labute approximate surface area is 330 Å². The predicted molar refractivity (Wildman–Crippen MR) is 236 cm³/mol. The first-order valence-corrected chi connectivity index (χ1v) is 19.3. The molecule has 4 heteroatoms. The number of fused-ring (bicyclic) bond motifs is 6. The summed E-state index contributed by atoms with van der Waals surface area (Å²) >= 11 is 0. The molecule has 0 unspecified atom stereocenters. The minimum atomic E-state index is 0.907. The summed E-state index contributed by atoms with van der Waals surface area (Å²) in [4.78, 5) is 10.3. The van der Waals surface area contributed by atoms with Crippen molar-refractivity contribution in [3.8, 4) is 61.7 Å². The minimum absolute atomic E-state index is 0.907. The molecule has 11 rings (SSSR count). The first-order valence-electron chi connectivity index (χ1n) is 19.3. The van der Waals surface area contributed by atoms with Crippen molar-refractivity contribution in [2.45, 2.75) is 0 Å². The van der Waals surface area contributed by atoms with Crippen LogP contribution in [0.25, 0.3) is 105 Å². The van der Waals surface area contributed by atoms with Crippen LogP contribution in [0, 0.1) is 0 Å². The van der Waals surface area contributed by atoms with Gasteiger partial charge in [0.25, 0.3) is 0 Å². The summed E-state index contributed by atoms with van der Waals surface area (Å²) in [5.74, 6) is 0. The van der Waals surface area contributed by atoms with Gasteiger partial charge in [0.1, 0.15) is 5.69 Å². The molecule has 0 bridgehead atoms. The van der Waals surface area contributed by atoms with E-state index in [0.717, 1.165) is 88.9 Å². The van der Waals surface area contributed by atoms with Crippen molar-refractivity contribution in [3.63, 3.8) is 0 Å². The summed E-state index contributed by atoms with van der Waals surface area (Å²) in [6, 6.07) is 72.6. The van der Waals surface area contributed by atoms with Gasteiger partial charge in [-0.05, 0) is 64.0 Å². The molecule has 0 N–H and O–H groups in total. The summed E-state index contributed by atoms with van der Waals surface area (Å²) in [7, 11) is 0. The van der Waals surface area contributed by atoms with Gasteiger partial charge in [0, 0.05) is 38.2 Å². The molecule has 4 nitrogen and oxygen atoms in total. The van der Waals surface area contributed by atoms with Crippen molar-refractivity contribution < 1.29 is 0 Å². The van der Waals surface area contributed by atoms with Crippen LogP contribution in [0.4, 0.5) is 0 Å². The number of para-hydroxylation sites is 1. The van der Waals surface area contributed by atoms with Crippen LogP contribution in [-0.4, -0.2) is 19.7 Å². The second kappa shape index (κ2) is 13.6. The molecule has 11 aromatic rings. The number of benzene rings is 8. The molecular formula is C53H34N4. The Kier molecular flexibility index (Phi) is 7.78. The van der Waals surface area contributed by atoms with Crippen LogP contribution in [0.1, 0.15) is 0 Å². The van der Waals surface area contributed by atoms with Gasteiger partial charge in [0.2, 0.25) is 0 Å². The van der Waals surface area contributed by atoms with Gasteiger partial charge in [0.15, 0.2) is 0 Å². The van der Waals surface area contributed by atoms with Gasteiger partial charge in [-0.25, -0.2) is 14.6 Å². The Balaban J connectivity index is 1.02. The molecule has 0 amide bonds. The SMILES string of the molecule is c1ccc(-c2ccc3ccc4ccc(-c5ccc(-c6cccc(-c7nn(-c8ccccc8)c8c7c(-c7ccccc7)cc7ccccc78)c6)cc5)nc4c3n2)cc1. The van der Waals surface area contributed by atoms with Crippen molar-refractivity contribution in [1.29, 1.82) is 0 Å². The monoisotopic (exact) mass is 726 g/mol. The van der Waals surface area contributed by atoms with E-state index in [2.05, 4.69) is 193 Å². The van der Waals surface area contributed by atoms with Gasteiger partial charge in [-0.2, -0.15) is 5.10 Å². The second-order valence-corrected chi connectivity index (χ2v) is 14.5. The average Bonchev–Trinajstić information content (AvgIpc) is 3.71. The van der Waals surface area contributed by atoms with E-state index < -0.39 is 0 Å². The highest BCUT2D eigenvalue weighted by Gasteiger charge is 2.21. The van der Waals surface area contributed by atoms with E-state index in [9.17, 15) is 0 Å². The summed E-state index contributed by atoms with van der Waals surface area (Å²) in [6.07, 6.45) is 0. The van der Waals surface area contributed by atoms with Crippen molar-refractivity contribution >= 4 is 43.5 Å². The molecule has 0 fully saturated rings. The fourth-order valence-corrected chi connectivity index (χ4v) is 8.17. The van der Waals surface area contributed by atoms with Gasteiger partial charge in [-0.15, -0.1) is 0 Å². The Morgan fingerprint density at radius 3 is 1.56 bits per heavy atom. The van der Waals surface area contributed by atoms with Crippen LogP contribution >= 0.6 is 0 Å². The minimum Gasteiger partial charge on any atom is -0.245 e. The summed E-state index contributed by atoms with van der Waals surface area (Å²) < 4.78 is 2.12. The molecule has 0 atom stereocenters. The molecule has 0 spiro atoms. The van der Waals surface area contributed by atoms with Crippen LogP contribution in [0.5, 0.6) is 0 Å². The van der Waals surface area contributed by atoms with Crippen LogP contribution in [-0.2, 0) is 0 Å². The lowest BCUT2D eigenvalue weighted by Crippen LogP contribution is -1.96. The third-order valence-corrected chi connectivity index (χ3v) is 11.0. The standard InChI is InChI=1S/C53H34N4/c1-4-13-36(14-5-1)46-34-42-17-10-11-22-45(42)53-49(46)50(56-57(53)44-20-8-3-9-21-44)43-19-12-18-41(33-43)35-23-25-38(26-24-35)48-32-30-40-28-27-39-29-31-47(37-15-6-2-7-16-37)54-51(39)52(40)55-48/h1-34H. The summed E-state index contributed by atoms with van der Waals surface area (Å²) in [5, 5.41) is 11.1. The van der Waals surface area contributed by atoms with Gasteiger partial charge in [-0.3, -0.25) is 0 Å². The molecule has 0 aliphatic heterocycles. The number of nitrogens with zero attached hydrogens (tertiary/aromatic N) is 4. The lowest BCUT2D eigenvalue weighted by Gasteiger charge is -2.11. The largest absolute Gasteiger partial charge is 0.245 e. The van der Waals surface area contributed by atoms with E-state index in [1.54, 1.807) is 0 Å². The third kappa shape index (κ3) is 5.74. The molecular weight excluding hydrogens is 693 g/mol. The molecule has 0 radical (unpaired) electrons. The van der Waals surface area contributed by atoms with Crippen LogP contribution < -0.4 is 0 Å². The fourth-order valence-electron chi connectivity index (χ4n) is 8.17. The highest BCUT2D eigenvalue weighted by Crippen LogP contribution is 2.42. The zero-order valence-electron chi connectivity index (χ0n) is 30.9. The summed E-state index contributed by atoms with van der Waals surface area (Å²) in [5.41, 5.74) is 14.6. The maximum atomic E-state index is 5.43. The van der Waals surface area contributed by atoms with Crippen LogP contribution in [0.3, 0.4) is 0 Å². The first-order chi connectivity index (χ1) is 28.2. The second-order valence-electron chi connectivity index (χ2n) is 14.5. The van der Waals surface area contributed by atoms with Gasteiger partial charge in [-0.1, -0.05) is 170 Å². The van der Waals surface area contributed by atoms with E-state index in [0.29, 0.717) is 0 Å². The number of pyridine rings is 2. The zero-order chi connectivity index (χ0) is 37.7. The quantitative estimate of drug-likeness (QED) is 0.160. The van der Waals surface area contributed by atoms with E-state index in [4.69, 9.17) is 15.1 Å². The number of rotatable bonds is 6. The van der Waals surface area contributed by atoms with E-state index in [1.165, 1.54) is 16.3 Å². The van der Waals surface area contributed by atoms with E-state index in [-0.39, 0.29) is 0 Å². The van der Waals surface area contributed by atoms with Gasteiger partial charge in [0.05, 0.1) is 33.6 Å². The Hall–Kier alpha value is -7.69. The van der Waals surface area contributed by atoms with Crippen molar-refractivity contribution in [3.05, 3.63) is 206 Å². The molecule has 0 aliphatic carbocycles. The van der Waals surface area contributed by atoms with Gasteiger partial charge >= 0.3 is 0 Å². The smallest absolute Gasteiger partial charge is 0.101 e. The van der Waals surface area contributed by atoms with Crippen molar-refractivity contribution in [2.75, 3.05) is 0 Å². The Morgan fingerprint density at radius 2 is 0.877 bits per heavy atom. The predicted octanol–water partition coefficient (Wildman–Crippen LogP) is 13.6. The highest BCUT2D eigenvalue weighted by molar-refractivity contribution is 6.17. The Morgan fingerprint density at radius 1 is 0.351 bits per heavy atom. The normalized spacial score (nSPS) is 11.5. The Bertz CT molecular complexity index is 3260. The third-order valence-electron chi connectivity index (χ3n) is 11.0. The van der Waals surface area contributed by atoms with Crippen LogP contribution in [0.2, 0.25) is 0 Å². The lowest BCUT2D eigenvalue weighted by molar-refractivity contribution is 0.918. The van der Waals surface area contributed by atoms with Crippen LogP contribution in [0.15, 0.2) is 206 Å². The van der Waals surface area contributed by atoms with Crippen molar-refractivity contribution in [2.24, 2.45) is 0 Å². The topological polar surface area (TPSA) is 43.6 Å². The molecule has 8 aromatic carbocycles. The number of hydrogen-bond donors (Lipinski definition) is 0. The lowest BCUT2D eigenvalue weighted by atomic mass is 9.93. The highest BCUT2D eigenvalue weighted by atomic mass is 15.3. The molecule has 0 saturated heterocycles. The van der Waals surface area contributed by atoms with Gasteiger partial charge < -0.3 is 0 Å². The molecule has 266 valence electrons. The molecule has 0 aliphatic rings. The maximum absolute atomic E-state index is 5.43. The molecule has 3 aromatic heterocycles. The number of aromatic nitrogens is 4.